The average Bonchev–Trinajstić information content (AvgIpc) is 2.56. The topological polar surface area (TPSA) is 55.4 Å². The molecule has 4 nitrogen and oxygen atoms in total. The lowest BCUT2D eigenvalue weighted by atomic mass is 9.86. The number of cyclic esters (lactones) is 1. The van der Waals surface area contributed by atoms with Gasteiger partial charge in [-0.15, -0.1) is 0 Å². The number of benzene rings is 2. The van der Waals surface area contributed by atoms with Gasteiger partial charge in [0.2, 0.25) is 0 Å². The van der Waals surface area contributed by atoms with Gasteiger partial charge < -0.3 is 10.1 Å². The predicted octanol–water partition coefficient (Wildman–Crippen LogP) is 4.06. The average molecular weight is 341 g/mol. The van der Waals surface area contributed by atoms with Crippen LogP contribution in [0.1, 0.15) is 48.2 Å². The minimum atomic E-state index is -1.39. The third kappa shape index (κ3) is 3.27. The smallest absolute Gasteiger partial charge is 0.339 e. The van der Waals surface area contributed by atoms with Gasteiger partial charge in [0, 0.05) is 6.42 Å². The van der Waals surface area contributed by atoms with Crippen molar-refractivity contribution in [1.29, 1.82) is 0 Å². The van der Waals surface area contributed by atoms with Crippen LogP contribution < -0.4 is 5.32 Å². The summed E-state index contributed by atoms with van der Waals surface area (Å²) in [6, 6.07) is 11.5. The molecule has 25 heavy (non-hydrogen) atoms. The lowest BCUT2D eigenvalue weighted by Gasteiger charge is -2.33. The van der Waals surface area contributed by atoms with E-state index in [-0.39, 0.29) is 12.1 Å². The Labute approximate surface area is 146 Å². The number of halogens is 1. The molecule has 3 rings (SSSR count). The highest BCUT2D eigenvalue weighted by Crippen LogP contribution is 2.31. The van der Waals surface area contributed by atoms with Crippen molar-refractivity contribution in [2.24, 2.45) is 0 Å². The summed E-state index contributed by atoms with van der Waals surface area (Å²) in [6.07, 6.45) is 0.245. The van der Waals surface area contributed by atoms with Crippen molar-refractivity contribution < 1.29 is 18.7 Å². The summed E-state index contributed by atoms with van der Waals surface area (Å²) in [5, 5.41) is 2.52. The first-order valence-electron chi connectivity index (χ1n) is 8.22. The summed E-state index contributed by atoms with van der Waals surface area (Å²) in [5.74, 6) is -1.32. The third-order valence-corrected chi connectivity index (χ3v) is 4.46. The minimum absolute atomic E-state index is 0.0616. The number of carbonyl (C=O) groups is 2. The molecule has 130 valence electrons. The molecule has 2 aromatic rings. The van der Waals surface area contributed by atoms with Crippen LogP contribution in [0.3, 0.4) is 0 Å². The van der Waals surface area contributed by atoms with Crippen LogP contribution >= 0.6 is 0 Å². The Morgan fingerprint density at radius 3 is 2.64 bits per heavy atom. The van der Waals surface area contributed by atoms with Crippen LogP contribution in [-0.4, -0.2) is 17.5 Å². The van der Waals surface area contributed by atoms with Gasteiger partial charge in [0.15, 0.2) is 5.60 Å². The molecule has 0 saturated carbocycles. The molecule has 0 aliphatic carbocycles. The number of rotatable bonds is 3. The summed E-state index contributed by atoms with van der Waals surface area (Å²) in [7, 11) is 0. The molecule has 0 fully saturated rings. The highest BCUT2D eigenvalue weighted by atomic mass is 19.1. The van der Waals surface area contributed by atoms with Gasteiger partial charge in [-0.25, -0.2) is 9.18 Å². The normalized spacial score (nSPS) is 19.3. The molecule has 2 aromatic carbocycles. The molecule has 5 heteroatoms. The molecule has 0 saturated heterocycles. The first-order chi connectivity index (χ1) is 11.8. The Kier molecular flexibility index (Phi) is 4.33. The maximum absolute atomic E-state index is 13.8. The van der Waals surface area contributed by atoms with Crippen molar-refractivity contribution in [2.75, 3.05) is 5.32 Å². The fraction of sp³-hybridized carbons (Fsp3) is 0.300. The van der Waals surface area contributed by atoms with Crippen LogP contribution in [0.2, 0.25) is 0 Å². The lowest BCUT2D eigenvalue weighted by molar-refractivity contribution is -0.134. The Bertz CT molecular complexity index is 847. The molecule has 0 spiro atoms. The van der Waals surface area contributed by atoms with Crippen LogP contribution in [-0.2, 0) is 16.0 Å². The van der Waals surface area contributed by atoms with Crippen molar-refractivity contribution >= 4 is 17.6 Å². The van der Waals surface area contributed by atoms with E-state index in [1.807, 2.05) is 12.1 Å². The highest BCUT2D eigenvalue weighted by molar-refractivity contribution is 6.02. The molecular formula is C20H20FNO3. The van der Waals surface area contributed by atoms with E-state index < -0.39 is 23.3 Å². The number of amides is 1. The number of hydrogen-bond donors (Lipinski definition) is 1. The van der Waals surface area contributed by atoms with Crippen molar-refractivity contribution in [3.63, 3.8) is 0 Å². The van der Waals surface area contributed by atoms with E-state index in [4.69, 9.17) is 4.74 Å². The Hall–Kier alpha value is -2.69. The van der Waals surface area contributed by atoms with E-state index in [9.17, 15) is 14.0 Å². The number of nitrogens with one attached hydrogen (secondary N) is 1. The Balaban J connectivity index is 1.90. The van der Waals surface area contributed by atoms with Gasteiger partial charge in [0.25, 0.3) is 5.91 Å². The maximum Gasteiger partial charge on any atom is 0.339 e. The molecular weight excluding hydrogens is 321 g/mol. The van der Waals surface area contributed by atoms with Crippen LogP contribution in [0, 0.1) is 5.82 Å². The molecule has 1 unspecified atom stereocenters. The second-order valence-electron chi connectivity index (χ2n) is 6.80. The van der Waals surface area contributed by atoms with E-state index in [1.165, 1.54) is 18.2 Å². The number of carbonyl (C=O) groups excluding carboxylic acids is 2. The Morgan fingerprint density at radius 2 is 1.96 bits per heavy atom. The molecule has 0 bridgehead atoms. The fourth-order valence-electron chi connectivity index (χ4n) is 2.92. The Morgan fingerprint density at radius 1 is 1.24 bits per heavy atom. The van der Waals surface area contributed by atoms with Crippen molar-refractivity contribution in [3.8, 4) is 0 Å². The number of anilines is 1. The summed E-state index contributed by atoms with van der Waals surface area (Å²) >= 11 is 0. The summed E-state index contributed by atoms with van der Waals surface area (Å²) in [4.78, 5) is 25.0. The number of ether oxygens (including phenoxy) is 1. The highest BCUT2D eigenvalue weighted by Gasteiger charge is 2.43. The molecule has 0 aromatic heterocycles. The lowest BCUT2D eigenvalue weighted by Crippen LogP contribution is -2.49. The molecule has 1 aliphatic rings. The standard InChI is InChI=1S/C20H20FNO3/c1-12(2)13-8-9-15-14(10-13)11-20(3,25-18(15)23)19(24)22-17-7-5-4-6-16(17)21/h4-10,12H,11H2,1-3H3,(H,22,24). The van der Waals surface area contributed by atoms with Crippen molar-refractivity contribution in [2.45, 2.75) is 38.7 Å². The van der Waals surface area contributed by atoms with Crippen LogP contribution in [0.4, 0.5) is 10.1 Å². The van der Waals surface area contributed by atoms with Gasteiger partial charge in [-0.1, -0.05) is 38.1 Å². The SMILES string of the molecule is CC(C)c1ccc2c(c1)CC(C)(C(=O)Nc1ccccc1F)OC2=O. The third-order valence-electron chi connectivity index (χ3n) is 4.46. The summed E-state index contributed by atoms with van der Waals surface area (Å²) in [6.45, 7) is 5.67. The predicted molar refractivity (Wildman–Crippen MR) is 93.1 cm³/mol. The van der Waals surface area contributed by atoms with Crippen LogP contribution in [0.25, 0.3) is 0 Å². The fourth-order valence-corrected chi connectivity index (χ4v) is 2.92. The van der Waals surface area contributed by atoms with Gasteiger partial charge >= 0.3 is 5.97 Å². The largest absolute Gasteiger partial charge is 0.445 e. The zero-order valence-electron chi connectivity index (χ0n) is 14.4. The van der Waals surface area contributed by atoms with E-state index in [2.05, 4.69) is 19.2 Å². The number of hydrogen-bond acceptors (Lipinski definition) is 3. The van der Waals surface area contributed by atoms with E-state index in [0.29, 0.717) is 11.5 Å². The van der Waals surface area contributed by atoms with Gasteiger partial charge in [-0.05, 0) is 42.2 Å². The molecule has 1 aliphatic heterocycles. The maximum atomic E-state index is 13.8. The van der Waals surface area contributed by atoms with Gasteiger partial charge in [0.05, 0.1) is 11.3 Å². The molecule has 1 amide bonds. The van der Waals surface area contributed by atoms with E-state index >= 15 is 0 Å². The summed E-state index contributed by atoms with van der Waals surface area (Å²) < 4.78 is 19.2. The summed E-state index contributed by atoms with van der Waals surface area (Å²) in [5.41, 5.74) is 1.01. The van der Waals surface area contributed by atoms with Gasteiger partial charge in [-0.3, -0.25) is 4.79 Å². The van der Waals surface area contributed by atoms with Crippen LogP contribution in [0.15, 0.2) is 42.5 Å². The number of para-hydroxylation sites is 1. The number of esters is 1. The molecule has 1 heterocycles. The number of fused-ring (bicyclic) bond motifs is 1. The molecule has 0 radical (unpaired) electrons. The van der Waals surface area contributed by atoms with Gasteiger partial charge in [-0.2, -0.15) is 0 Å². The monoisotopic (exact) mass is 341 g/mol. The van der Waals surface area contributed by atoms with E-state index in [1.54, 1.807) is 19.1 Å². The second-order valence-corrected chi connectivity index (χ2v) is 6.80. The first-order valence-corrected chi connectivity index (χ1v) is 8.22. The molecule has 1 atom stereocenters. The zero-order valence-corrected chi connectivity index (χ0v) is 14.4. The zero-order chi connectivity index (χ0) is 18.2. The van der Waals surface area contributed by atoms with E-state index in [0.717, 1.165) is 11.1 Å². The van der Waals surface area contributed by atoms with Crippen molar-refractivity contribution in [1.82, 2.24) is 0 Å². The van der Waals surface area contributed by atoms with Crippen molar-refractivity contribution in [3.05, 3.63) is 65.0 Å². The molecule has 1 N–H and O–H groups in total. The second kappa shape index (κ2) is 6.31. The minimum Gasteiger partial charge on any atom is -0.445 e. The van der Waals surface area contributed by atoms with Gasteiger partial charge in [0.1, 0.15) is 5.82 Å². The quantitative estimate of drug-likeness (QED) is 0.857. The van der Waals surface area contributed by atoms with Crippen LogP contribution in [0.5, 0.6) is 0 Å². The first kappa shape index (κ1) is 17.1.